The van der Waals surface area contributed by atoms with Crippen molar-refractivity contribution in [1.29, 1.82) is 0 Å². The van der Waals surface area contributed by atoms with Gasteiger partial charge < -0.3 is 14.6 Å². The molecule has 1 fully saturated rings. The SMILES string of the molecule is CC(=O)COC(=O)c1ccccc1C(=O)OC1CCCCC1O. The van der Waals surface area contributed by atoms with Gasteiger partial charge in [-0.15, -0.1) is 0 Å². The fourth-order valence-corrected chi connectivity index (χ4v) is 2.50. The summed E-state index contributed by atoms with van der Waals surface area (Å²) in [5.74, 6) is -1.72. The zero-order chi connectivity index (χ0) is 16.8. The van der Waals surface area contributed by atoms with Crippen LogP contribution in [-0.4, -0.2) is 41.6 Å². The first kappa shape index (κ1) is 17.1. The van der Waals surface area contributed by atoms with Crippen LogP contribution < -0.4 is 0 Å². The average molecular weight is 320 g/mol. The number of hydrogen-bond donors (Lipinski definition) is 1. The first-order valence-corrected chi connectivity index (χ1v) is 7.63. The van der Waals surface area contributed by atoms with Gasteiger partial charge in [-0.25, -0.2) is 9.59 Å². The van der Waals surface area contributed by atoms with E-state index in [1.54, 1.807) is 12.1 Å². The number of benzene rings is 1. The number of rotatable bonds is 5. The van der Waals surface area contributed by atoms with Crippen molar-refractivity contribution >= 4 is 17.7 Å². The Bertz CT molecular complexity index is 595. The Morgan fingerprint density at radius 3 is 2.30 bits per heavy atom. The Morgan fingerprint density at radius 2 is 1.70 bits per heavy atom. The van der Waals surface area contributed by atoms with Gasteiger partial charge in [-0.3, -0.25) is 4.79 Å². The van der Waals surface area contributed by atoms with Crippen LogP contribution in [0.25, 0.3) is 0 Å². The highest BCUT2D eigenvalue weighted by atomic mass is 16.6. The van der Waals surface area contributed by atoms with E-state index in [9.17, 15) is 19.5 Å². The highest BCUT2D eigenvalue weighted by Gasteiger charge is 2.28. The van der Waals surface area contributed by atoms with Crippen LogP contribution in [0, 0.1) is 0 Å². The van der Waals surface area contributed by atoms with Crippen LogP contribution in [0.15, 0.2) is 24.3 Å². The Balaban J connectivity index is 2.10. The third-order valence-corrected chi connectivity index (χ3v) is 3.70. The van der Waals surface area contributed by atoms with Crippen molar-refractivity contribution in [2.45, 2.75) is 44.8 Å². The van der Waals surface area contributed by atoms with Crippen molar-refractivity contribution in [2.24, 2.45) is 0 Å². The molecule has 1 saturated carbocycles. The van der Waals surface area contributed by atoms with Gasteiger partial charge in [-0.05, 0) is 38.3 Å². The molecule has 2 unspecified atom stereocenters. The Kier molecular flexibility index (Phi) is 5.87. The van der Waals surface area contributed by atoms with Gasteiger partial charge in [0.05, 0.1) is 17.2 Å². The monoisotopic (exact) mass is 320 g/mol. The predicted molar refractivity (Wildman–Crippen MR) is 81.1 cm³/mol. The topological polar surface area (TPSA) is 89.9 Å². The fourth-order valence-electron chi connectivity index (χ4n) is 2.50. The van der Waals surface area contributed by atoms with Gasteiger partial charge in [0.25, 0.3) is 0 Å². The van der Waals surface area contributed by atoms with Crippen molar-refractivity contribution < 1.29 is 29.0 Å². The molecule has 0 radical (unpaired) electrons. The lowest BCUT2D eigenvalue weighted by molar-refractivity contribution is -0.120. The molecule has 124 valence electrons. The summed E-state index contributed by atoms with van der Waals surface area (Å²) < 4.78 is 10.2. The number of ether oxygens (including phenoxy) is 2. The lowest BCUT2D eigenvalue weighted by Gasteiger charge is -2.27. The van der Waals surface area contributed by atoms with E-state index in [2.05, 4.69) is 0 Å². The lowest BCUT2D eigenvalue weighted by atomic mass is 9.95. The number of Topliss-reactive ketones (excluding diaryl/α,β-unsaturated/α-hetero) is 1. The predicted octanol–water partition coefficient (Wildman–Crippen LogP) is 1.89. The maximum Gasteiger partial charge on any atom is 0.339 e. The molecule has 1 aromatic rings. The van der Waals surface area contributed by atoms with E-state index < -0.39 is 24.1 Å². The highest BCUT2D eigenvalue weighted by molar-refractivity contribution is 6.03. The van der Waals surface area contributed by atoms with E-state index in [-0.39, 0.29) is 23.5 Å². The number of esters is 2. The maximum absolute atomic E-state index is 12.3. The first-order valence-electron chi connectivity index (χ1n) is 7.63. The van der Waals surface area contributed by atoms with E-state index in [0.29, 0.717) is 12.8 Å². The minimum Gasteiger partial charge on any atom is -0.456 e. The zero-order valence-corrected chi connectivity index (χ0v) is 13.0. The summed E-state index contributed by atoms with van der Waals surface area (Å²) in [6.45, 7) is 0.960. The molecule has 0 saturated heterocycles. The third-order valence-electron chi connectivity index (χ3n) is 3.70. The average Bonchev–Trinajstić information content (AvgIpc) is 2.54. The minimum absolute atomic E-state index is 0.0454. The van der Waals surface area contributed by atoms with Gasteiger partial charge in [0.15, 0.2) is 5.78 Å². The molecule has 0 heterocycles. The summed E-state index contributed by atoms with van der Waals surface area (Å²) in [4.78, 5) is 35.2. The molecule has 1 aliphatic carbocycles. The molecule has 2 atom stereocenters. The van der Waals surface area contributed by atoms with Crippen molar-refractivity contribution in [3.05, 3.63) is 35.4 Å². The Morgan fingerprint density at radius 1 is 1.09 bits per heavy atom. The minimum atomic E-state index is -0.753. The summed E-state index contributed by atoms with van der Waals surface area (Å²) >= 11 is 0. The second-order valence-electron chi connectivity index (χ2n) is 5.62. The van der Waals surface area contributed by atoms with Gasteiger partial charge in [0.1, 0.15) is 12.7 Å². The molecule has 6 nitrogen and oxygen atoms in total. The molecule has 0 aliphatic heterocycles. The van der Waals surface area contributed by atoms with Crippen LogP contribution in [0.2, 0.25) is 0 Å². The number of aliphatic hydroxyl groups is 1. The molecule has 2 rings (SSSR count). The number of carbonyl (C=O) groups excluding carboxylic acids is 3. The molecular formula is C17H20O6. The van der Waals surface area contributed by atoms with Crippen LogP contribution >= 0.6 is 0 Å². The van der Waals surface area contributed by atoms with Gasteiger partial charge >= 0.3 is 11.9 Å². The first-order chi connectivity index (χ1) is 11.0. The van der Waals surface area contributed by atoms with Crippen LogP contribution in [0.1, 0.15) is 53.3 Å². The second kappa shape index (κ2) is 7.87. The van der Waals surface area contributed by atoms with Gasteiger partial charge in [0, 0.05) is 0 Å². The van der Waals surface area contributed by atoms with Gasteiger partial charge in [-0.2, -0.15) is 0 Å². The van der Waals surface area contributed by atoms with Crippen molar-refractivity contribution in [1.82, 2.24) is 0 Å². The summed E-state index contributed by atoms with van der Waals surface area (Å²) in [5, 5.41) is 9.88. The fraction of sp³-hybridized carbons (Fsp3) is 0.471. The maximum atomic E-state index is 12.3. The summed E-state index contributed by atoms with van der Waals surface area (Å²) in [7, 11) is 0. The van der Waals surface area contributed by atoms with E-state index >= 15 is 0 Å². The summed E-state index contributed by atoms with van der Waals surface area (Å²) in [6.07, 6.45) is 1.76. The molecule has 1 N–H and O–H groups in total. The standard InChI is InChI=1S/C17H20O6/c1-11(18)10-22-16(20)12-6-2-3-7-13(12)17(21)23-15-9-5-4-8-14(15)19/h2-3,6-7,14-15,19H,4-5,8-10H2,1H3. The van der Waals surface area contributed by atoms with E-state index in [1.165, 1.54) is 19.1 Å². The molecule has 1 aliphatic rings. The number of aliphatic hydroxyl groups excluding tert-OH is 1. The van der Waals surface area contributed by atoms with Crippen molar-refractivity contribution in [3.63, 3.8) is 0 Å². The molecule has 23 heavy (non-hydrogen) atoms. The number of ketones is 1. The quantitative estimate of drug-likeness (QED) is 0.833. The Labute approximate surface area is 134 Å². The van der Waals surface area contributed by atoms with Crippen molar-refractivity contribution in [3.8, 4) is 0 Å². The Hall–Kier alpha value is -2.21. The smallest absolute Gasteiger partial charge is 0.339 e. The van der Waals surface area contributed by atoms with Crippen LogP contribution in [0.3, 0.4) is 0 Å². The summed E-state index contributed by atoms with van der Waals surface area (Å²) in [5.41, 5.74) is 0.114. The molecular weight excluding hydrogens is 300 g/mol. The van der Waals surface area contributed by atoms with E-state index in [0.717, 1.165) is 12.8 Å². The largest absolute Gasteiger partial charge is 0.456 e. The van der Waals surface area contributed by atoms with Gasteiger partial charge in [0.2, 0.25) is 0 Å². The number of hydrogen-bond acceptors (Lipinski definition) is 6. The van der Waals surface area contributed by atoms with E-state index in [1.807, 2.05) is 0 Å². The number of carbonyl (C=O) groups is 3. The molecule has 0 spiro atoms. The zero-order valence-electron chi connectivity index (χ0n) is 13.0. The summed E-state index contributed by atoms with van der Waals surface area (Å²) in [6, 6.07) is 6.10. The molecule has 0 bridgehead atoms. The normalized spacial score (nSPS) is 20.6. The van der Waals surface area contributed by atoms with Crippen LogP contribution in [0.5, 0.6) is 0 Å². The van der Waals surface area contributed by atoms with E-state index in [4.69, 9.17) is 9.47 Å². The molecule has 0 aromatic heterocycles. The highest BCUT2D eigenvalue weighted by Crippen LogP contribution is 2.23. The molecule has 0 amide bonds. The molecule has 6 heteroatoms. The lowest BCUT2D eigenvalue weighted by Crippen LogP contribution is -2.34. The second-order valence-corrected chi connectivity index (χ2v) is 5.62. The van der Waals surface area contributed by atoms with Crippen LogP contribution in [-0.2, 0) is 14.3 Å². The van der Waals surface area contributed by atoms with Gasteiger partial charge in [-0.1, -0.05) is 18.6 Å². The van der Waals surface area contributed by atoms with Crippen LogP contribution in [0.4, 0.5) is 0 Å². The molecule has 1 aromatic carbocycles. The third kappa shape index (κ3) is 4.63. The van der Waals surface area contributed by atoms with Crippen molar-refractivity contribution in [2.75, 3.05) is 6.61 Å².